The van der Waals surface area contributed by atoms with Crippen molar-refractivity contribution in [3.05, 3.63) is 53.2 Å². The number of carbonyl (C=O) groups is 1. The van der Waals surface area contributed by atoms with Crippen molar-refractivity contribution in [3.8, 4) is 23.0 Å². The first-order chi connectivity index (χ1) is 12.0. The number of ether oxygens (including phenoxy) is 1. The number of pyridine rings is 1. The van der Waals surface area contributed by atoms with Crippen LogP contribution in [0.1, 0.15) is 21.6 Å². The fourth-order valence-corrected chi connectivity index (χ4v) is 2.44. The Balaban J connectivity index is 2.00. The zero-order valence-electron chi connectivity index (χ0n) is 13.3. The summed E-state index contributed by atoms with van der Waals surface area (Å²) >= 11 is 0. The number of aromatic hydroxyl groups is 3. The molecule has 3 N–H and O–H groups in total. The maximum atomic E-state index is 10.9. The van der Waals surface area contributed by atoms with Crippen molar-refractivity contribution in [3.63, 3.8) is 0 Å². The van der Waals surface area contributed by atoms with Crippen molar-refractivity contribution in [2.75, 3.05) is 7.11 Å². The number of phenolic OH excluding ortho intramolecular Hbond substituents is 3. The van der Waals surface area contributed by atoms with Crippen LogP contribution in [0, 0.1) is 0 Å². The third-order valence-electron chi connectivity index (χ3n) is 3.76. The van der Waals surface area contributed by atoms with Crippen LogP contribution in [0.25, 0.3) is 23.1 Å². The summed E-state index contributed by atoms with van der Waals surface area (Å²) in [6, 6.07) is 9.74. The Morgan fingerprint density at radius 2 is 1.76 bits per heavy atom. The lowest BCUT2D eigenvalue weighted by molar-refractivity contribution is 0.112. The Bertz CT molecular complexity index is 995. The van der Waals surface area contributed by atoms with Gasteiger partial charge in [0.1, 0.15) is 5.52 Å². The van der Waals surface area contributed by atoms with E-state index in [-0.39, 0.29) is 28.6 Å². The molecule has 6 nitrogen and oxygen atoms in total. The van der Waals surface area contributed by atoms with Gasteiger partial charge < -0.3 is 20.1 Å². The summed E-state index contributed by atoms with van der Waals surface area (Å²) < 4.78 is 4.99. The highest BCUT2D eigenvalue weighted by Gasteiger charge is 2.09. The largest absolute Gasteiger partial charge is 0.505 e. The van der Waals surface area contributed by atoms with Gasteiger partial charge in [-0.1, -0.05) is 18.2 Å². The molecule has 0 spiro atoms. The maximum Gasteiger partial charge on any atom is 0.200 e. The van der Waals surface area contributed by atoms with Crippen molar-refractivity contribution >= 4 is 29.3 Å². The first-order valence-corrected chi connectivity index (χ1v) is 7.39. The van der Waals surface area contributed by atoms with Gasteiger partial charge in [-0.25, -0.2) is 4.98 Å². The zero-order chi connectivity index (χ0) is 18.0. The molecule has 126 valence electrons. The lowest BCUT2D eigenvalue weighted by Crippen LogP contribution is -1.88. The fraction of sp³-hybridized carbons (Fsp3) is 0.0526. The molecule has 0 bridgehead atoms. The van der Waals surface area contributed by atoms with Gasteiger partial charge in [0.2, 0.25) is 5.75 Å². The number of rotatable bonds is 4. The molecule has 3 aromatic rings. The smallest absolute Gasteiger partial charge is 0.200 e. The molecule has 0 saturated heterocycles. The van der Waals surface area contributed by atoms with E-state index in [4.69, 9.17) is 4.74 Å². The molecule has 0 saturated carbocycles. The molecule has 0 fully saturated rings. The van der Waals surface area contributed by atoms with Gasteiger partial charge in [0.05, 0.1) is 18.4 Å². The van der Waals surface area contributed by atoms with Crippen LogP contribution >= 0.6 is 0 Å². The first-order valence-electron chi connectivity index (χ1n) is 7.39. The molecule has 1 aromatic heterocycles. The molecule has 3 rings (SSSR count). The molecule has 0 atom stereocenters. The molecule has 0 aliphatic rings. The Morgan fingerprint density at radius 3 is 2.48 bits per heavy atom. The van der Waals surface area contributed by atoms with Crippen LogP contribution in [0.3, 0.4) is 0 Å². The first kappa shape index (κ1) is 16.3. The molecule has 0 amide bonds. The zero-order valence-corrected chi connectivity index (χ0v) is 13.3. The molecular formula is C19H15NO5. The van der Waals surface area contributed by atoms with Gasteiger partial charge >= 0.3 is 0 Å². The minimum absolute atomic E-state index is 0.152. The summed E-state index contributed by atoms with van der Waals surface area (Å²) in [4.78, 5) is 15.3. The summed E-state index contributed by atoms with van der Waals surface area (Å²) in [5.41, 5.74) is 1.66. The summed E-state index contributed by atoms with van der Waals surface area (Å²) in [7, 11) is 1.39. The highest BCUT2D eigenvalue weighted by Crippen LogP contribution is 2.36. The summed E-state index contributed by atoms with van der Waals surface area (Å²) in [5.74, 6) is -0.625. The van der Waals surface area contributed by atoms with Gasteiger partial charge in [-0.15, -0.1) is 0 Å². The van der Waals surface area contributed by atoms with E-state index in [0.29, 0.717) is 28.4 Å². The van der Waals surface area contributed by atoms with E-state index in [9.17, 15) is 20.1 Å². The SMILES string of the molecule is COc1cc(/C=C\c2ccc3ccc(C=O)c(O)c3n2)cc(O)c1O. The molecule has 1 heterocycles. The second-order valence-corrected chi connectivity index (χ2v) is 5.35. The van der Waals surface area contributed by atoms with Crippen LogP contribution in [0.4, 0.5) is 0 Å². The Morgan fingerprint density at radius 1 is 1.00 bits per heavy atom. The van der Waals surface area contributed by atoms with Crippen molar-refractivity contribution in [1.29, 1.82) is 0 Å². The lowest BCUT2D eigenvalue weighted by atomic mass is 10.1. The number of hydrogen-bond acceptors (Lipinski definition) is 6. The average Bonchev–Trinajstić information content (AvgIpc) is 2.63. The topological polar surface area (TPSA) is 99.9 Å². The van der Waals surface area contributed by atoms with Crippen molar-refractivity contribution in [2.24, 2.45) is 0 Å². The van der Waals surface area contributed by atoms with E-state index in [0.717, 1.165) is 0 Å². The molecule has 0 radical (unpaired) electrons. The predicted molar refractivity (Wildman–Crippen MR) is 94.0 cm³/mol. The van der Waals surface area contributed by atoms with Crippen molar-refractivity contribution in [2.45, 2.75) is 0 Å². The average molecular weight is 337 g/mol. The van der Waals surface area contributed by atoms with Crippen LogP contribution in [-0.4, -0.2) is 33.7 Å². The van der Waals surface area contributed by atoms with Gasteiger partial charge in [-0.3, -0.25) is 4.79 Å². The molecule has 25 heavy (non-hydrogen) atoms. The highest BCUT2D eigenvalue weighted by atomic mass is 16.5. The van der Waals surface area contributed by atoms with E-state index < -0.39 is 0 Å². The van der Waals surface area contributed by atoms with Crippen LogP contribution < -0.4 is 4.74 Å². The van der Waals surface area contributed by atoms with Gasteiger partial charge in [0.15, 0.2) is 23.5 Å². The van der Waals surface area contributed by atoms with Crippen LogP contribution in [0.15, 0.2) is 36.4 Å². The quantitative estimate of drug-likeness (QED) is 0.499. The van der Waals surface area contributed by atoms with Gasteiger partial charge in [-0.2, -0.15) is 0 Å². The second-order valence-electron chi connectivity index (χ2n) is 5.35. The molecule has 2 aromatic carbocycles. The minimum Gasteiger partial charge on any atom is -0.505 e. The van der Waals surface area contributed by atoms with Crippen molar-refractivity contribution < 1.29 is 24.9 Å². The third-order valence-corrected chi connectivity index (χ3v) is 3.76. The molecular weight excluding hydrogens is 322 g/mol. The number of aromatic nitrogens is 1. The van der Waals surface area contributed by atoms with Crippen LogP contribution in [-0.2, 0) is 0 Å². The molecule has 6 heteroatoms. The minimum atomic E-state index is -0.324. The van der Waals surface area contributed by atoms with Gasteiger partial charge in [-0.05, 0) is 35.9 Å². The normalized spacial score (nSPS) is 11.1. The van der Waals surface area contributed by atoms with Crippen LogP contribution in [0.5, 0.6) is 23.0 Å². The number of carbonyl (C=O) groups excluding carboxylic acids is 1. The molecule has 0 aliphatic carbocycles. The van der Waals surface area contributed by atoms with E-state index >= 15 is 0 Å². The second kappa shape index (κ2) is 6.52. The van der Waals surface area contributed by atoms with E-state index in [2.05, 4.69) is 4.98 Å². The third kappa shape index (κ3) is 3.10. The number of benzene rings is 2. The maximum absolute atomic E-state index is 10.9. The van der Waals surface area contributed by atoms with Crippen molar-refractivity contribution in [1.82, 2.24) is 4.98 Å². The number of nitrogens with zero attached hydrogens (tertiary/aromatic N) is 1. The molecule has 0 aliphatic heterocycles. The van der Waals surface area contributed by atoms with E-state index in [1.54, 1.807) is 36.4 Å². The Kier molecular flexibility index (Phi) is 4.26. The standard InChI is InChI=1S/C19H15NO5/c1-25-16-9-11(8-15(22)19(16)24)2-6-14-7-5-12-3-4-13(10-21)18(23)17(12)20-14/h2-10,22-24H,1H3/b6-2-. The monoisotopic (exact) mass is 337 g/mol. The Labute approximate surface area is 143 Å². The highest BCUT2D eigenvalue weighted by molar-refractivity contribution is 5.94. The number of phenols is 3. The number of aldehydes is 1. The number of fused-ring (bicyclic) bond motifs is 1. The number of hydrogen-bond donors (Lipinski definition) is 3. The summed E-state index contributed by atoms with van der Waals surface area (Å²) in [6.45, 7) is 0. The lowest BCUT2D eigenvalue weighted by Gasteiger charge is -2.06. The summed E-state index contributed by atoms with van der Waals surface area (Å²) in [6.07, 6.45) is 3.93. The van der Waals surface area contributed by atoms with Crippen LogP contribution in [0.2, 0.25) is 0 Å². The van der Waals surface area contributed by atoms with E-state index in [1.165, 1.54) is 19.2 Å². The molecule has 0 unspecified atom stereocenters. The Hall–Kier alpha value is -3.54. The fourth-order valence-electron chi connectivity index (χ4n) is 2.44. The van der Waals surface area contributed by atoms with E-state index in [1.807, 2.05) is 0 Å². The number of methoxy groups -OCH3 is 1. The van der Waals surface area contributed by atoms with Gasteiger partial charge in [0, 0.05) is 5.39 Å². The predicted octanol–water partition coefficient (Wildman–Crippen LogP) is 3.34. The summed E-state index contributed by atoms with van der Waals surface area (Å²) in [5, 5.41) is 30.1. The van der Waals surface area contributed by atoms with Gasteiger partial charge in [0.25, 0.3) is 0 Å².